The molecule has 1 aliphatic heterocycles. The van der Waals surface area contributed by atoms with Gasteiger partial charge in [-0.05, 0) is 38.8 Å². The monoisotopic (exact) mass is 305 g/mol. The van der Waals surface area contributed by atoms with Gasteiger partial charge < -0.3 is 15.1 Å². The number of rotatable bonds is 8. The molecule has 3 N–H and O–H groups in total. The lowest BCUT2D eigenvalue weighted by Gasteiger charge is -2.32. The van der Waals surface area contributed by atoms with E-state index in [1.807, 2.05) is 0 Å². The first-order valence-electron chi connectivity index (χ1n) is 9.29. The lowest BCUT2D eigenvalue weighted by Crippen LogP contribution is -3.15. The molecule has 0 radical (unpaired) electrons. The van der Waals surface area contributed by atoms with Gasteiger partial charge in [-0.3, -0.25) is 0 Å². The van der Waals surface area contributed by atoms with Crippen LogP contribution in [0.2, 0.25) is 0 Å². The van der Waals surface area contributed by atoms with E-state index in [-0.39, 0.29) is 0 Å². The summed E-state index contributed by atoms with van der Waals surface area (Å²) < 4.78 is 0. The van der Waals surface area contributed by atoms with Crippen LogP contribution in [0.4, 0.5) is 5.69 Å². The zero-order valence-corrected chi connectivity index (χ0v) is 15.0. The summed E-state index contributed by atoms with van der Waals surface area (Å²) in [5, 5.41) is 2.50. The SMILES string of the molecule is CCC[NH+](CCC)[C@H]1C[NH2+]Cc2cc(N(CC)CC)ccc21. The van der Waals surface area contributed by atoms with E-state index in [0.29, 0.717) is 6.04 Å². The van der Waals surface area contributed by atoms with Gasteiger partial charge >= 0.3 is 0 Å². The second-order valence-corrected chi connectivity index (χ2v) is 6.49. The van der Waals surface area contributed by atoms with Crippen molar-refractivity contribution in [3.05, 3.63) is 29.3 Å². The predicted molar refractivity (Wildman–Crippen MR) is 94.5 cm³/mol. The van der Waals surface area contributed by atoms with Crippen molar-refractivity contribution in [1.82, 2.24) is 0 Å². The summed E-state index contributed by atoms with van der Waals surface area (Å²) in [6.45, 7) is 16.3. The lowest BCUT2D eigenvalue weighted by atomic mass is 9.94. The first-order chi connectivity index (χ1) is 10.7. The van der Waals surface area contributed by atoms with Crippen LogP contribution >= 0.6 is 0 Å². The minimum Gasteiger partial charge on any atom is -0.372 e. The van der Waals surface area contributed by atoms with Gasteiger partial charge in [-0.15, -0.1) is 0 Å². The normalized spacial score (nSPS) is 17.6. The lowest BCUT2D eigenvalue weighted by molar-refractivity contribution is -0.948. The van der Waals surface area contributed by atoms with Crippen LogP contribution in [0.3, 0.4) is 0 Å². The van der Waals surface area contributed by atoms with Gasteiger partial charge in [0.2, 0.25) is 0 Å². The van der Waals surface area contributed by atoms with Crippen molar-refractivity contribution in [2.24, 2.45) is 0 Å². The smallest absolute Gasteiger partial charge is 0.163 e. The van der Waals surface area contributed by atoms with Crippen LogP contribution in [0.15, 0.2) is 18.2 Å². The third-order valence-corrected chi connectivity index (χ3v) is 5.03. The maximum Gasteiger partial charge on any atom is 0.163 e. The van der Waals surface area contributed by atoms with Gasteiger partial charge in [-0.25, -0.2) is 0 Å². The quantitative estimate of drug-likeness (QED) is 0.744. The van der Waals surface area contributed by atoms with Crippen LogP contribution in [0.1, 0.15) is 57.7 Å². The molecule has 124 valence electrons. The van der Waals surface area contributed by atoms with Crippen molar-refractivity contribution in [3.63, 3.8) is 0 Å². The van der Waals surface area contributed by atoms with Gasteiger partial charge in [0.05, 0.1) is 13.1 Å². The van der Waals surface area contributed by atoms with E-state index in [0.717, 1.165) is 19.6 Å². The van der Waals surface area contributed by atoms with Crippen molar-refractivity contribution in [3.8, 4) is 0 Å². The van der Waals surface area contributed by atoms with Crippen molar-refractivity contribution < 1.29 is 10.2 Å². The Bertz CT molecular complexity index is 448. The average Bonchev–Trinajstić information content (AvgIpc) is 2.55. The van der Waals surface area contributed by atoms with Gasteiger partial charge in [0, 0.05) is 29.9 Å². The maximum atomic E-state index is 2.50. The Morgan fingerprint density at radius 1 is 1.09 bits per heavy atom. The highest BCUT2D eigenvalue weighted by molar-refractivity contribution is 5.51. The van der Waals surface area contributed by atoms with Crippen molar-refractivity contribution in [1.29, 1.82) is 0 Å². The van der Waals surface area contributed by atoms with E-state index in [4.69, 9.17) is 0 Å². The fourth-order valence-electron chi connectivity index (χ4n) is 3.93. The van der Waals surface area contributed by atoms with E-state index in [1.165, 1.54) is 38.2 Å². The summed E-state index contributed by atoms with van der Waals surface area (Å²) in [7, 11) is 0. The topological polar surface area (TPSA) is 24.3 Å². The molecule has 0 fully saturated rings. The summed E-state index contributed by atoms with van der Waals surface area (Å²) in [5.74, 6) is 0. The minimum atomic E-state index is 0.675. The summed E-state index contributed by atoms with van der Waals surface area (Å²) in [6, 6.07) is 7.89. The number of fused-ring (bicyclic) bond motifs is 1. The number of benzene rings is 1. The molecule has 0 unspecified atom stereocenters. The predicted octanol–water partition coefficient (Wildman–Crippen LogP) is 1.36. The van der Waals surface area contributed by atoms with Gasteiger partial charge in [0.15, 0.2) is 6.04 Å². The number of hydrogen-bond acceptors (Lipinski definition) is 1. The van der Waals surface area contributed by atoms with Gasteiger partial charge in [-0.2, -0.15) is 0 Å². The van der Waals surface area contributed by atoms with Gasteiger partial charge in [-0.1, -0.05) is 19.9 Å². The average molecular weight is 306 g/mol. The number of nitrogens with two attached hydrogens (primary N) is 1. The molecule has 1 aliphatic rings. The molecule has 3 heteroatoms. The number of quaternary nitrogens is 2. The molecule has 22 heavy (non-hydrogen) atoms. The molecule has 1 aromatic rings. The number of nitrogens with zero attached hydrogens (tertiary/aromatic N) is 1. The van der Waals surface area contributed by atoms with Crippen molar-refractivity contribution in [2.75, 3.05) is 37.6 Å². The van der Waals surface area contributed by atoms with Crippen LogP contribution in [0.5, 0.6) is 0 Å². The van der Waals surface area contributed by atoms with E-state index in [9.17, 15) is 0 Å². The Morgan fingerprint density at radius 3 is 2.36 bits per heavy atom. The van der Waals surface area contributed by atoms with E-state index >= 15 is 0 Å². The molecule has 1 atom stereocenters. The van der Waals surface area contributed by atoms with Crippen molar-refractivity contribution >= 4 is 5.69 Å². The Hall–Kier alpha value is -1.06. The van der Waals surface area contributed by atoms with Crippen molar-refractivity contribution in [2.45, 2.75) is 53.1 Å². The molecule has 0 bridgehead atoms. The molecular formula is C19H35N3+2. The Balaban J connectivity index is 2.26. The molecule has 1 aromatic carbocycles. The van der Waals surface area contributed by atoms with Crippen LogP contribution < -0.4 is 15.1 Å². The second kappa shape index (κ2) is 8.54. The van der Waals surface area contributed by atoms with E-state index < -0.39 is 0 Å². The van der Waals surface area contributed by atoms with Crippen LogP contribution in [-0.4, -0.2) is 32.7 Å². The molecule has 2 rings (SSSR count). The van der Waals surface area contributed by atoms with Crippen LogP contribution in [-0.2, 0) is 6.54 Å². The highest BCUT2D eigenvalue weighted by Gasteiger charge is 2.31. The Morgan fingerprint density at radius 2 is 1.77 bits per heavy atom. The Labute approximate surface area is 136 Å². The third-order valence-electron chi connectivity index (χ3n) is 5.03. The first kappa shape index (κ1) is 17.3. The summed E-state index contributed by atoms with van der Waals surface area (Å²) in [6.07, 6.45) is 2.55. The molecule has 1 heterocycles. The van der Waals surface area contributed by atoms with Gasteiger partial charge in [0.25, 0.3) is 0 Å². The molecule has 3 nitrogen and oxygen atoms in total. The Kier molecular flexibility index (Phi) is 6.71. The van der Waals surface area contributed by atoms with E-state index in [2.05, 4.69) is 56.1 Å². The summed E-state index contributed by atoms with van der Waals surface area (Å²) >= 11 is 0. The van der Waals surface area contributed by atoms with Crippen LogP contribution in [0.25, 0.3) is 0 Å². The standard InChI is InChI=1S/C19H33N3/c1-5-11-22(12-6-2)19-15-20-14-16-13-17(9-10-18(16)19)21(7-3)8-4/h9-10,13,19-20H,5-8,11-12,14-15H2,1-4H3/p+2/t19-/m0/s1. The largest absolute Gasteiger partial charge is 0.372 e. The minimum absolute atomic E-state index is 0.675. The first-order valence-corrected chi connectivity index (χ1v) is 9.29. The maximum absolute atomic E-state index is 2.50. The van der Waals surface area contributed by atoms with Gasteiger partial charge in [0.1, 0.15) is 13.1 Å². The fourth-order valence-corrected chi connectivity index (χ4v) is 3.93. The van der Waals surface area contributed by atoms with E-state index in [1.54, 1.807) is 16.0 Å². The third kappa shape index (κ3) is 3.82. The number of nitrogens with one attached hydrogen (secondary N) is 1. The fraction of sp³-hybridized carbons (Fsp3) is 0.684. The second-order valence-electron chi connectivity index (χ2n) is 6.49. The molecule has 0 saturated carbocycles. The molecule has 0 spiro atoms. The highest BCUT2D eigenvalue weighted by atomic mass is 15.2. The summed E-state index contributed by atoms with van der Waals surface area (Å²) in [4.78, 5) is 4.23. The zero-order chi connectivity index (χ0) is 15.9. The molecule has 0 saturated heterocycles. The summed E-state index contributed by atoms with van der Waals surface area (Å²) in [5.41, 5.74) is 4.56. The van der Waals surface area contributed by atoms with Crippen LogP contribution in [0, 0.1) is 0 Å². The molecule has 0 aliphatic carbocycles. The number of hydrogen-bond donors (Lipinski definition) is 2. The molecule has 0 amide bonds. The highest BCUT2D eigenvalue weighted by Crippen LogP contribution is 2.24. The number of anilines is 1. The molecule has 0 aromatic heterocycles. The zero-order valence-electron chi connectivity index (χ0n) is 15.0. The molecular weight excluding hydrogens is 270 g/mol.